The first-order valence-corrected chi connectivity index (χ1v) is 12.4. The second kappa shape index (κ2) is 11.9. The number of phenols is 3. The third kappa shape index (κ3) is 6.44. The molecule has 1 saturated heterocycles. The van der Waals surface area contributed by atoms with E-state index in [1.807, 2.05) is 0 Å². The summed E-state index contributed by atoms with van der Waals surface area (Å²) >= 11 is 0. The minimum Gasteiger partial charge on any atom is -0.504 e. The lowest BCUT2D eigenvalue weighted by molar-refractivity contribution is -0.285. The average molecular weight is 577 g/mol. The Morgan fingerprint density at radius 1 is 0.927 bits per heavy atom. The molecule has 0 aromatic heterocycles. The first-order valence-electron chi connectivity index (χ1n) is 12.4. The number of esters is 3. The minimum atomic E-state index is -1.70. The molecule has 6 atom stereocenters. The quantitative estimate of drug-likeness (QED) is 0.209. The second-order valence-corrected chi connectivity index (χ2v) is 9.37. The topological polar surface area (TPSA) is 205 Å². The summed E-state index contributed by atoms with van der Waals surface area (Å²) in [7, 11) is 0. The van der Waals surface area contributed by atoms with Gasteiger partial charge in [-0.25, -0.2) is 0 Å². The van der Waals surface area contributed by atoms with Gasteiger partial charge in [0.05, 0.1) is 12.0 Å². The maximum absolute atomic E-state index is 12.8. The molecule has 0 amide bonds. The lowest BCUT2D eigenvalue weighted by atomic mass is 9.95. The monoisotopic (exact) mass is 576 g/mol. The van der Waals surface area contributed by atoms with Crippen LogP contribution in [0, 0.1) is 0 Å². The average Bonchev–Trinajstić information content (AvgIpc) is 2.89. The molecular formula is C27H28O14. The number of fused-ring (bicyclic) bond motifs is 1. The summed E-state index contributed by atoms with van der Waals surface area (Å²) in [5, 5.41) is 41.5. The molecule has 2 heterocycles. The lowest BCUT2D eigenvalue weighted by Crippen LogP contribution is -2.62. The number of ketones is 1. The van der Waals surface area contributed by atoms with Crippen LogP contribution in [0.5, 0.6) is 28.7 Å². The molecule has 41 heavy (non-hydrogen) atoms. The molecule has 0 spiro atoms. The van der Waals surface area contributed by atoms with Crippen LogP contribution in [-0.2, 0) is 33.3 Å². The highest BCUT2D eigenvalue weighted by atomic mass is 16.7. The van der Waals surface area contributed by atoms with Gasteiger partial charge in [0.15, 0.2) is 41.0 Å². The van der Waals surface area contributed by atoms with E-state index >= 15 is 0 Å². The molecule has 2 aliphatic rings. The molecule has 4 N–H and O–H groups in total. The Bertz CT molecular complexity index is 1350. The van der Waals surface area contributed by atoms with Crippen LogP contribution >= 0.6 is 0 Å². The van der Waals surface area contributed by atoms with Crippen LogP contribution in [0.4, 0.5) is 0 Å². The molecule has 2 aliphatic heterocycles. The van der Waals surface area contributed by atoms with Crippen LogP contribution in [0.1, 0.15) is 49.2 Å². The van der Waals surface area contributed by atoms with Crippen LogP contribution in [0.25, 0.3) is 0 Å². The standard InChI is InChI=1S/C27H28O14/c1-11(28)36-10-21-25(37-12(2)29)23(35)26(38-13(3)30)27(41-21)40-19-7-5-15-17(32)9-20(39-24(15)22(19)34)14-4-6-16(31)18(33)8-14/h4-8,20-21,23,25-27,31,33-35H,9-10H2,1-3H3/t20-,21+,23-,25-,26+,27+/m0/s1. The number of benzene rings is 2. The Kier molecular flexibility index (Phi) is 8.54. The summed E-state index contributed by atoms with van der Waals surface area (Å²) in [6.45, 7) is 2.81. The van der Waals surface area contributed by atoms with Gasteiger partial charge in [-0.15, -0.1) is 0 Å². The van der Waals surface area contributed by atoms with Gasteiger partial charge in [-0.2, -0.15) is 0 Å². The maximum atomic E-state index is 12.8. The molecule has 0 radical (unpaired) electrons. The van der Waals surface area contributed by atoms with E-state index in [1.165, 1.54) is 30.3 Å². The van der Waals surface area contributed by atoms with Crippen molar-refractivity contribution in [2.75, 3.05) is 6.61 Å². The van der Waals surface area contributed by atoms with Crippen molar-refractivity contribution >= 4 is 23.7 Å². The highest BCUT2D eigenvalue weighted by Crippen LogP contribution is 2.47. The molecule has 2 aromatic rings. The maximum Gasteiger partial charge on any atom is 0.303 e. The van der Waals surface area contributed by atoms with Crippen LogP contribution in [0.3, 0.4) is 0 Å². The Hall–Kier alpha value is -4.56. The molecule has 220 valence electrons. The van der Waals surface area contributed by atoms with Gasteiger partial charge in [-0.1, -0.05) is 6.07 Å². The van der Waals surface area contributed by atoms with Crippen LogP contribution < -0.4 is 9.47 Å². The molecule has 2 aromatic carbocycles. The van der Waals surface area contributed by atoms with E-state index in [1.54, 1.807) is 0 Å². The Balaban J connectivity index is 1.65. The van der Waals surface area contributed by atoms with Gasteiger partial charge < -0.3 is 48.8 Å². The summed E-state index contributed by atoms with van der Waals surface area (Å²) in [6, 6.07) is 6.46. The zero-order valence-electron chi connectivity index (χ0n) is 22.1. The van der Waals surface area contributed by atoms with Crippen molar-refractivity contribution in [3.8, 4) is 28.7 Å². The van der Waals surface area contributed by atoms with Gasteiger partial charge in [0.25, 0.3) is 0 Å². The van der Waals surface area contributed by atoms with Crippen molar-refractivity contribution in [1.82, 2.24) is 0 Å². The normalized spacial score (nSPS) is 25.3. The van der Waals surface area contributed by atoms with Crippen LogP contribution in [-0.4, -0.2) is 81.4 Å². The molecule has 14 nitrogen and oxygen atoms in total. The smallest absolute Gasteiger partial charge is 0.303 e. The van der Waals surface area contributed by atoms with Crippen LogP contribution in [0.15, 0.2) is 30.3 Å². The third-order valence-corrected chi connectivity index (χ3v) is 6.31. The van der Waals surface area contributed by atoms with Gasteiger partial charge in [0, 0.05) is 20.8 Å². The molecule has 0 bridgehead atoms. The molecule has 4 rings (SSSR count). The van der Waals surface area contributed by atoms with Gasteiger partial charge in [0.1, 0.15) is 24.9 Å². The molecular weight excluding hydrogens is 548 g/mol. The van der Waals surface area contributed by atoms with Gasteiger partial charge in [-0.3, -0.25) is 19.2 Å². The van der Waals surface area contributed by atoms with Crippen molar-refractivity contribution in [3.63, 3.8) is 0 Å². The van der Waals surface area contributed by atoms with Gasteiger partial charge >= 0.3 is 17.9 Å². The van der Waals surface area contributed by atoms with Gasteiger partial charge in [0.2, 0.25) is 12.0 Å². The fraction of sp³-hybridized carbons (Fsp3) is 0.407. The number of rotatable bonds is 7. The first kappa shape index (κ1) is 29.4. The van der Waals surface area contributed by atoms with Crippen molar-refractivity contribution in [2.45, 2.75) is 64.0 Å². The fourth-order valence-corrected chi connectivity index (χ4v) is 4.48. The highest BCUT2D eigenvalue weighted by molar-refractivity contribution is 6.01. The fourth-order valence-electron chi connectivity index (χ4n) is 4.48. The predicted octanol–water partition coefficient (Wildman–Crippen LogP) is 1.40. The second-order valence-electron chi connectivity index (χ2n) is 9.37. The number of aromatic hydroxyl groups is 3. The Morgan fingerprint density at radius 2 is 1.61 bits per heavy atom. The van der Waals surface area contributed by atoms with E-state index in [-0.39, 0.29) is 29.2 Å². The van der Waals surface area contributed by atoms with Crippen LogP contribution in [0.2, 0.25) is 0 Å². The van der Waals surface area contributed by atoms with Crippen molar-refractivity contribution in [3.05, 3.63) is 41.5 Å². The lowest BCUT2D eigenvalue weighted by Gasteiger charge is -2.42. The van der Waals surface area contributed by atoms with E-state index in [2.05, 4.69) is 0 Å². The minimum absolute atomic E-state index is 0.0397. The predicted molar refractivity (Wildman–Crippen MR) is 133 cm³/mol. The molecule has 0 unspecified atom stereocenters. The van der Waals surface area contributed by atoms with E-state index in [0.29, 0.717) is 5.56 Å². The van der Waals surface area contributed by atoms with E-state index < -0.39 is 78.6 Å². The van der Waals surface area contributed by atoms with E-state index in [4.69, 9.17) is 28.4 Å². The first-order chi connectivity index (χ1) is 19.3. The molecule has 14 heteroatoms. The molecule has 1 fully saturated rings. The number of carbonyl (C=O) groups is 4. The molecule has 0 saturated carbocycles. The van der Waals surface area contributed by atoms with E-state index in [0.717, 1.165) is 20.8 Å². The Morgan fingerprint density at radius 3 is 2.24 bits per heavy atom. The number of ether oxygens (including phenoxy) is 6. The van der Waals surface area contributed by atoms with Gasteiger partial charge in [-0.05, 0) is 29.8 Å². The molecule has 0 aliphatic carbocycles. The highest BCUT2D eigenvalue weighted by Gasteiger charge is 2.51. The summed E-state index contributed by atoms with van der Waals surface area (Å²) < 4.78 is 32.7. The number of carbonyl (C=O) groups excluding carboxylic acids is 4. The number of hydrogen-bond acceptors (Lipinski definition) is 14. The summed E-state index contributed by atoms with van der Waals surface area (Å²) in [5.41, 5.74) is 0.390. The largest absolute Gasteiger partial charge is 0.504 e. The van der Waals surface area contributed by atoms with E-state index in [9.17, 15) is 39.6 Å². The number of aliphatic hydroxyl groups is 1. The Labute approximate surface area is 232 Å². The summed E-state index contributed by atoms with van der Waals surface area (Å²) in [4.78, 5) is 47.8. The van der Waals surface area contributed by atoms with Crippen molar-refractivity contribution < 1.29 is 68.0 Å². The third-order valence-electron chi connectivity index (χ3n) is 6.31. The zero-order chi connectivity index (χ0) is 30.0. The SMILES string of the molecule is CC(=O)OC[C@H]1O[C@@H](Oc2ccc3c(c2O)O[C@H](c2ccc(O)c(O)c2)CC3=O)[C@H](OC(C)=O)[C@@H](O)[C@H]1OC(C)=O. The number of hydrogen-bond donors (Lipinski definition) is 4. The van der Waals surface area contributed by atoms with Crippen molar-refractivity contribution in [1.29, 1.82) is 0 Å². The zero-order valence-corrected chi connectivity index (χ0v) is 22.1. The number of phenolic OH excluding ortho intramolecular Hbond substituents is 3. The van der Waals surface area contributed by atoms with Crippen molar-refractivity contribution in [2.24, 2.45) is 0 Å². The number of Topliss-reactive ketones (excluding diaryl/α,β-unsaturated/α-hetero) is 1. The number of aliphatic hydroxyl groups excluding tert-OH is 1. The summed E-state index contributed by atoms with van der Waals surface area (Å²) in [6.07, 6.45) is -8.63. The summed E-state index contributed by atoms with van der Waals surface area (Å²) in [5.74, 6) is -4.66.